The van der Waals surface area contributed by atoms with E-state index in [0.717, 1.165) is 59.8 Å². The van der Waals surface area contributed by atoms with Gasteiger partial charge in [0.15, 0.2) is 5.65 Å². The number of hydrogen-bond acceptors (Lipinski definition) is 8. The van der Waals surface area contributed by atoms with Gasteiger partial charge in [-0.3, -0.25) is 4.79 Å². The van der Waals surface area contributed by atoms with Crippen LogP contribution in [0.25, 0.3) is 22.2 Å². The van der Waals surface area contributed by atoms with E-state index in [1.807, 2.05) is 56.4 Å². The Morgan fingerprint density at radius 3 is 2.54 bits per heavy atom. The second-order valence-corrected chi connectivity index (χ2v) is 8.94. The summed E-state index contributed by atoms with van der Waals surface area (Å²) in [7, 11) is 1.85. The molecule has 1 saturated heterocycles. The SMILES string of the molecule is CNCCNC(=O)c1nc2nc(Nc3ccc(N4CCOCC4)cc3)ncc2cc1-c1ccccc1C. The number of hydrogen-bond donors (Lipinski definition) is 3. The highest BCUT2D eigenvalue weighted by molar-refractivity contribution is 6.02. The van der Waals surface area contributed by atoms with Crippen LogP contribution in [-0.4, -0.2) is 67.3 Å². The van der Waals surface area contributed by atoms with Crippen LogP contribution in [-0.2, 0) is 4.74 Å². The van der Waals surface area contributed by atoms with Crippen molar-refractivity contribution in [3.05, 3.63) is 72.1 Å². The summed E-state index contributed by atoms with van der Waals surface area (Å²) in [5.41, 5.74) is 5.61. The zero-order valence-electron chi connectivity index (χ0n) is 21.1. The predicted octanol–water partition coefficient (Wildman–Crippen LogP) is 3.53. The molecule has 0 atom stereocenters. The highest BCUT2D eigenvalue weighted by Crippen LogP contribution is 2.29. The van der Waals surface area contributed by atoms with Gasteiger partial charge in [-0.15, -0.1) is 0 Å². The molecule has 0 bridgehead atoms. The number of ether oxygens (including phenoxy) is 1. The molecule has 1 fully saturated rings. The molecule has 0 radical (unpaired) electrons. The molecule has 1 aliphatic rings. The lowest BCUT2D eigenvalue weighted by Crippen LogP contribution is -2.36. The van der Waals surface area contributed by atoms with Gasteiger partial charge in [-0.1, -0.05) is 24.3 Å². The third-order valence-electron chi connectivity index (χ3n) is 6.38. The average Bonchev–Trinajstić information content (AvgIpc) is 2.93. The number of morpholine rings is 1. The first-order valence-electron chi connectivity index (χ1n) is 12.5. The summed E-state index contributed by atoms with van der Waals surface area (Å²) in [4.78, 5) is 29.3. The minimum Gasteiger partial charge on any atom is -0.378 e. The number of carbonyl (C=O) groups excluding carboxylic acids is 1. The molecule has 0 unspecified atom stereocenters. The smallest absolute Gasteiger partial charge is 0.270 e. The number of fused-ring (bicyclic) bond motifs is 1. The van der Waals surface area contributed by atoms with Crippen LogP contribution >= 0.6 is 0 Å². The fourth-order valence-corrected chi connectivity index (χ4v) is 4.37. The molecule has 9 heteroatoms. The van der Waals surface area contributed by atoms with Crippen molar-refractivity contribution in [2.24, 2.45) is 0 Å². The van der Waals surface area contributed by atoms with Crippen molar-refractivity contribution < 1.29 is 9.53 Å². The van der Waals surface area contributed by atoms with E-state index in [1.165, 1.54) is 0 Å². The first-order valence-corrected chi connectivity index (χ1v) is 12.5. The van der Waals surface area contributed by atoms with E-state index in [2.05, 4.69) is 43.0 Å². The van der Waals surface area contributed by atoms with Crippen molar-refractivity contribution in [1.82, 2.24) is 25.6 Å². The van der Waals surface area contributed by atoms with Crippen LogP contribution in [0.2, 0.25) is 0 Å². The summed E-state index contributed by atoms with van der Waals surface area (Å²) in [5.74, 6) is 0.187. The zero-order valence-corrected chi connectivity index (χ0v) is 21.1. The third kappa shape index (κ3) is 5.68. The highest BCUT2D eigenvalue weighted by Gasteiger charge is 2.18. The van der Waals surface area contributed by atoms with E-state index in [0.29, 0.717) is 30.4 Å². The molecule has 5 rings (SSSR count). The molecular formula is C28H31N7O2. The maximum Gasteiger partial charge on any atom is 0.270 e. The van der Waals surface area contributed by atoms with Gasteiger partial charge in [0.1, 0.15) is 5.69 Å². The lowest BCUT2D eigenvalue weighted by Gasteiger charge is -2.28. The third-order valence-corrected chi connectivity index (χ3v) is 6.38. The average molecular weight is 498 g/mol. The van der Waals surface area contributed by atoms with Crippen LogP contribution in [0, 0.1) is 6.92 Å². The van der Waals surface area contributed by atoms with Gasteiger partial charge in [-0.05, 0) is 55.4 Å². The monoisotopic (exact) mass is 497 g/mol. The van der Waals surface area contributed by atoms with Crippen LogP contribution in [0.4, 0.5) is 17.3 Å². The van der Waals surface area contributed by atoms with Gasteiger partial charge < -0.3 is 25.6 Å². The fourth-order valence-electron chi connectivity index (χ4n) is 4.37. The Hall–Kier alpha value is -4.08. The molecule has 0 saturated carbocycles. The van der Waals surface area contributed by atoms with Crippen molar-refractivity contribution in [2.75, 3.05) is 56.7 Å². The second-order valence-electron chi connectivity index (χ2n) is 8.94. The number of rotatable bonds is 8. The Balaban J connectivity index is 1.44. The Morgan fingerprint density at radius 1 is 1.00 bits per heavy atom. The number of carbonyl (C=O) groups is 1. The number of aryl methyl sites for hydroxylation is 1. The zero-order chi connectivity index (χ0) is 25.6. The van der Waals surface area contributed by atoms with Gasteiger partial charge in [0.2, 0.25) is 5.95 Å². The number of nitrogens with one attached hydrogen (secondary N) is 3. The Bertz CT molecular complexity index is 1390. The molecule has 9 nitrogen and oxygen atoms in total. The lowest BCUT2D eigenvalue weighted by atomic mass is 9.98. The molecule has 1 aliphatic heterocycles. The van der Waals surface area contributed by atoms with Crippen LogP contribution in [0.1, 0.15) is 16.1 Å². The van der Waals surface area contributed by atoms with Crippen LogP contribution in [0.15, 0.2) is 60.8 Å². The number of aromatic nitrogens is 3. The van der Waals surface area contributed by atoms with Crippen molar-refractivity contribution in [3.63, 3.8) is 0 Å². The molecule has 190 valence electrons. The first-order chi connectivity index (χ1) is 18.1. The summed E-state index contributed by atoms with van der Waals surface area (Å²) < 4.78 is 5.44. The van der Waals surface area contributed by atoms with Crippen molar-refractivity contribution in [2.45, 2.75) is 6.92 Å². The second kappa shape index (κ2) is 11.3. The molecular weight excluding hydrogens is 466 g/mol. The quantitative estimate of drug-likeness (QED) is 0.318. The van der Waals surface area contributed by atoms with Crippen LogP contribution in [0.5, 0.6) is 0 Å². The number of anilines is 3. The normalized spacial score (nSPS) is 13.5. The number of likely N-dealkylation sites (N-methyl/N-ethyl adjacent to an activating group) is 1. The van der Waals surface area contributed by atoms with Gasteiger partial charge >= 0.3 is 0 Å². The molecule has 3 N–H and O–H groups in total. The first kappa shape index (κ1) is 24.6. The summed E-state index contributed by atoms with van der Waals surface area (Å²) in [6.07, 6.45) is 1.74. The largest absolute Gasteiger partial charge is 0.378 e. The van der Waals surface area contributed by atoms with Gasteiger partial charge in [-0.25, -0.2) is 9.97 Å². The molecule has 2 aromatic heterocycles. The van der Waals surface area contributed by atoms with Gasteiger partial charge in [0.05, 0.1) is 13.2 Å². The van der Waals surface area contributed by atoms with E-state index < -0.39 is 0 Å². The molecule has 37 heavy (non-hydrogen) atoms. The minimum atomic E-state index is -0.234. The summed E-state index contributed by atoms with van der Waals surface area (Å²) in [6.45, 7) is 6.47. The molecule has 0 aliphatic carbocycles. The molecule has 4 aromatic rings. The van der Waals surface area contributed by atoms with Crippen LogP contribution < -0.4 is 20.9 Å². The van der Waals surface area contributed by atoms with Crippen molar-refractivity contribution in [1.29, 1.82) is 0 Å². The molecule has 2 aromatic carbocycles. The van der Waals surface area contributed by atoms with Crippen molar-refractivity contribution >= 4 is 34.3 Å². The lowest BCUT2D eigenvalue weighted by molar-refractivity contribution is 0.0950. The topological polar surface area (TPSA) is 104 Å². The van der Waals surface area contributed by atoms with E-state index >= 15 is 0 Å². The van der Waals surface area contributed by atoms with Gasteiger partial charge in [0.25, 0.3) is 5.91 Å². The van der Waals surface area contributed by atoms with E-state index in [9.17, 15) is 4.79 Å². The van der Waals surface area contributed by atoms with Gasteiger partial charge in [0, 0.05) is 54.7 Å². The standard InChI is InChI=1S/C28H31N7O2/c1-19-5-3-4-6-23(19)24-17-20-18-31-28(34-26(20)33-25(24)27(36)30-12-11-29-2)32-21-7-9-22(10-8-21)35-13-15-37-16-14-35/h3-10,17-18,29H,11-16H2,1-2H3,(H,30,36)(H,31,32,33,34). The Labute approximate surface area is 216 Å². The molecule has 1 amide bonds. The Kier molecular flexibility index (Phi) is 7.53. The number of amides is 1. The number of benzene rings is 2. The minimum absolute atomic E-state index is 0.234. The summed E-state index contributed by atoms with van der Waals surface area (Å²) >= 11 is 0. The summed E-state index contributed by atoms with van der Waals surface area (Å²) in [6, 6.07) is 18.1. The van der Waals surface area contributed by atoms with Crippen LogP contribution in [0.3, 0.4) is 0 Å². The van der Waals surface area contributed by atoms with E-state index in [1.54, 1.807) is 6.20 Å². The predicted molar refractivity (Wildman–Crippen MR) is 147 cm³/mol. The van der Waals surface area contributed by atoms with Crippen molar-refractivity contribution in [3.8, 4) is 11.1 Å². The fraction of sp³-hybridized carbons (Fsp3) is 0.286. The number of nitrogens with zero attached hydrogens (tertiary/aromatic N) is 4. The maximum absolute atomic E-state index is 13.1. The molecule has 0 spiro atoms. The Morgan fingerprint density at radius 2 is 1.78 bits per heavy atom. The van der Waals surface area contributed by atoms with E-state index in [-0.39, 0.29) is 5.91 Å². The van der Waals surface area contributed by atoms with Gasteiger partial charge in [-0.2, -0.15) is 4.98 Å². The highest BCUT2D eigenvalue weighted by atomic mass is 16.5. The van der Waals surface area contributed by atoms with E-state index in [4.69, 9.17) is 9.72 Å². The molecule has 3 heterocycles. The number of pyridine rings is 1. The maximum atomic E-state index is 13.1. The summed E-state index contributed by atoms with van der Waals surface area (Å²) in [5, 5.41) is 10.0.